The molecule has 8 heteroatoms. The summed E-state index contributed by atoms with van der Waals surface area (Å²) in [6.07, 6.45) is 1.32. The summed E-state index contributed by atoms with van der Waals surface area (Å²) in [5.74, 6) is -3.90. The fraction of sp³-hybridized carbons (Fsp3) is 0.643. The maximum Gasteiger partial charge on any atom is 0.344 e. The molecule has 120 valence electrons. The third-order valence-electron chi connectivity index (χ3n) is 4.55. The fourth-order valence-electron chi connectivity index (χ4n) is 3.80. The highest BCUT2D eigenvalue weighted by atomic mass is 16.8. The molecular weight excluding hydrogens is 296 g/mol. The third kappa shape index (κ3) is 2.10. The number of fused-ring (bicyclic) bond motifs is 1. The van der Waals surface area contributed by atoms with E-state index >= 15 is 0 Å². The van der Waals surface area contributed by atoms with Gasteiger partial charge in [0.25, 0.3) is 5.79 Å². The average Bonchev–Trinajstić information content (AvgIpc) is 3.09. The summed E-state index contributed by atoms with van der Waals surface area (Å²) in [7, 11) is 0. The molecule has 3 fully saturated rings. The molecular formula is C14H16O8. The van der Waals surface area contributed by atoms with E-state index in [4.69, 9.17) is 19.3 Å². The molecule has 1 saturated heterocycles. The van der Waals surface area contributed by atoms with Crippen molar-refractivity contribution in [1.82, 2.24) is 0 Å². The second-order valence-electron chi connectivity index (χ2n) is 5.58. The summed E-state index contributed by atoms with van der Waals surface area (Å²) in [6, 6.07) is 0. The smallest absolute Gasteiger partial charge is 0.344 e. The highest BCUT2D eigenvalue weighted by Crippen LogP contribution is 2.61. The molecule has 5 atom stereocenters. The molecule has 0 spiro atoms. The van der Waals surface area contributed by atoms with Crippen LogP contribution in [-0.2, 0) is 33.3 Å². The van der Waals surface area contributed by atoms with Crippen molar-refractivity contribution >= 4 is 17.9 Å². The van der Waals surface area contributed by atoms with E-state index in [9.17, 15) is 14.4 Å². The number of carbonyl (C=O) groups excluding carboxylic acids is 3. The number of hydrogen-bond acceptors (Lipinski definition) is 8. The SMILES string of the molecule is C=CC(=O)OCC(=O)OC1C2CC3C(=O)OC1(OCO)C3C2. The van der Waals surface area contributed by atoms with E-state index in [0.29, 0.717) is 12.8 Å². The van der Waals surface area contributed by atoms with Gasteiger partial charge in [-0.1, -0.05) is 6.58 Å². The van der Waals surface area contributed by atoms with Crippen LogP contribution in [0.2, 0.25) is 0 Å². The van der Waals surface area contributed by atoms with Crippen LogP contribution in [0.5, 0.6) is 0 Å². The van der Waals surface area contributed by atoms with Crippen LogP contribution in [0.25, 0.3) is 0 Å². The Kier molecular flexibility index (Phi) is 3.65. The summed E-state index contributed by atoms with van der Waals surface area (Å²) in [5.41, 5.74) is 0. The van der Waals surface area contributed by atoms with Gasteiger partial charge in [-0.05, 0) is 12.8 Å². The predicted molar refractivity (Wildman–Crippen MR) is 67.7 cm³/mol. The van der Waals surface area contributed by atoms with E-state index in [0.717, 1.165) is 6.08 Å². The van der Waals surface area contributed by atoms with E-state index in [2.05, 4.69) is 11.3 Å². The first-order chi connectivity index (χ1) is 10.5. The van der Waals surface area contributed by atoms with Crippen LogP contribution in [0, 0.1) is 17.8 Å². The van der Waals surface area contributed by atoms with Gasteiger partial charge in [-0.3, -0.25) is 4.79 Å². The lowest BCUT2D eigenvalue weighted by Crippen LogP contribution is -2.51. The first kappa shape index (κ1) is 15.0. The van der Waals surface area contributed by atoms with Gasteiger partial charge in [0.1, 0.15) is 6.79 Å². The Labute approximate surface area is 126 Å². The summed E-state index contributed by atoms with van der Waals surface area (Å²) >= 11 is 0. The zero-order chi connectivity index (χ0) is 15.9. The van der Waals surface area contributed by atoms with Gasteiger partial charge in [-0.15, -0.1) is 0 Å². The number of esters is 3. The Morgan fingerprint density at radius 3 is 2.91 bits per heavy atom. The standard InChI is InChI=1S/C14H16O8/c1-2-10(16)19-5-11(17)21-12-7-3-8-9(4-7)14(12,20-6-15)22-13(8)18/h2,7-9,12,15H,1,3-6H2. The van der Waals surface area contributed by atoms with Crippen LogP contribution in [0.3, 0.4) is 0 Å². The zero-order valence-electron chi connectivity index (χ0n) is 11.7. The number of ether oxygens (including phenoxy) is 4. The molecule has 2 aliphatic carbocycles. The molecule has 8 nitrogen and oxygen atoms in total. The molecule has 0 aromatic carbocycles. The topological polar surface area (TPSA) is 108 Å². The summed E-state index contributed by atoms with van der Waals surface area (Å²) < 4.78 is 20.5. The molecule has 3 aliphatic rings. The van der Waals surface area contributed by atoms with Crippen molar-refractivity contribution in [2.45, 2.75) is 24.7 Å². The molecule has 1 aliphatic heterocycles. The monoisotopic (exact) mass is 312 g/mol. The van der Waals surface area contributed by atoms with Gasteiger partial charge in [0.2, 0.25) is 0 Å². The Morgan fingerprint density at radius 1 is 1.45 bits per heavy atom. The summed E-state index contributed by atoms with van der Waals surface area (Å²) in [4.78, 5) is 34.6. The Hall–Kier alpha value is -1.93. The molecule has 2 bridgehead atoms. The highest BCUT2D eigenvalue weighted by molar-refractivity contribution is 5.84. The number of hydrogen-bond donors (Lipinski definition) is 1. The highest BCUT2D eigenvalue weighted by Gasteiger charge is 2.73. The van der Waals surface area contributed by atoms with Crippen molar-refractivity contribution in [3.63, 3.8) is 0 Å². The molecule has 2 saturated carbocycles. The van der Waals surface area contributed by atoms with Crippen LogP contribution in [0.15, 0.2) is 12.7 Å². The van der Waals surface area contributed by atoms with E-state index < -0.39 is 43.2 Å². The van der Waals surface area contributed by atoms with E-state index in [1.165, 1.54) is 0 Å². The lowest BCUT2D eigenvalue weighted by molar-refractivity contribution is -0.289. The number of carbonyl (C=O) groups is 3. The fourth-order valence-corrected chi connectivity index (χ4v) is 3.80. The maximum atomic E-state index is 11.9. The van der Waals surface area contributed by atoms with Gasteiger partial charge in [0.15, 0.2) is 12.7 Å². The first-order valence-electron chi connectivity index (χ1n) is 6.98. The average molecular weight is 312 g/mol. The number of rotatable bonds is 6. The minimum Gasteiger partial charge on any atom is -0.453 e. The van der Waals surface area contributed by atoms with E-state index in [1.54, 1.807) is 0 Å². The molecule has 0 radical (unpaired) electrons. The second-order valence-corrected chi connectivity index (χ2v) is 5.58. The van der Waals surface area contributed by atoms with Crippen molar-refractivity contribution in [2.24, 2.45) is 17.8 Å². The molecule has 5 unspecified atom stereocenters. The van der Waals surface area contributed by atoms with Crippen LogP contribution >= 0.6 is 0 Å². The lowest BCUT2D eigenvalue weighted by Gasteiger charge is -2.36. The second kappa shape index (κ2) is 5.36. The van der Waals surface area contributed by atoms with Crippen LogP contribution in [-0.4, -0.2) is 48.3 Å². The van der Waals surface area contributed by atoms with Crippen molar-refractivity contribution < 1.29 is 38.4 Å². The van der Waals surface area contributed by atoms with Crippen LogP contribution < -0.4 is 0 Å². The van der Waals surface area contributed by atoms with Gasteiger partial charge in [-0.25, -0.2) is 9.59 Å². The summed E-state index contributed by atoms with van der Waals surface area (Å²) in [6.45, 7) is 2.00. The molecule has 0 aromatic heterocycles. The first-order valence-corrected chi connectivity index (χ1v) is 6.98. The predicted octanol–water partition coefficient (Wildman–Crippen LogP) is -0.497. The van der Waals surface area contributed by atoms with Crippen molar-refractivity contribution in [3.05, 3.63) is 12.7 Å². The minimum absolute atomic E-state index is 0.0768. The number of aliphatic hydroxyl groups excluding tert-OH is 1. The molecule has 0 aromatic rings. The van der Waals surface area contributed by atoms with Crippen molar-refractivity contribution in [1.29, 1.82) is 0 Å². The van der Waals surface area contributed by atoms with Crippen molar-refractivity contribution in [2.75, 3.05) is 13.4 Å². The van der Waals surface area contributed by atoms with Crippen LogP contribution in [0.4, 0.5) is 0 Å². The Bertz CT molecular complexity index is 529. The van der Waals surface area contributed by atoms with Crippen molar-refractivity contribution in [3.8, 4) is 0 Å². The minimum atomic E-state index is -1.42. The van der Waals surface area contributed by atoms with Gasteiger partial charge in [0, 0.05) is 17.9 Å². The lowest BCUT2D eigenvalue weighted by atomic mass is 9.85. The molecule has 0 amide bonds. The molecule has 22 heavy (non-hydrogen) atoms. The Balaban J connectivity index is 1.70. The number of aliphatic hydroxyl groups is 1. The largest absolute Gasteiger partial charge is 0.453 e. The third-order valence-corrected chi connectivity index (χ3v) is 4.55. The normalized spacial score (nSPS) is 37.8. The zero-order valence-corrected chi connectivity index (χ0v) is 11.7. The van der Waals surface area contributed by atoms with Gasteiger partial charge >= 0.3 is 17.9 Å². The van der Waals surface area contributed by atoms with Gasteiger partial charge in [-0.2, -0.15) is 0 Å². The quantitative estimate of drug-likeness (QED) is 0.303. The van der Waals surface area contributed by atoms with Gasteiger partial charge in [0.05, 0.1) is 5.92 Å². The molecule has 3 rings (SSSR count). The van der Waals surface area contributed by atoms with Crippen LogP contribution in [0.1, 0.15) is 12.8 Å². The maximum absolute atomic E-state index is 11.9. The van der Waals surface area contributed by atoms with Gasteiger partial charge < -0.3 is 24.1 Å². The molecule has 1 N–H and O–H groups in total. The Morgan fingerprint density at radius 2 is 2.23 bits per heavy atom. The van der Waals surface area contributed by atoms with E-state index in [1.807, 2.05) is 0 Å². The molecule has 1 heterocycles. The van der Waals surface area contributed by atoms with E-state index in [-0.39, 0.29) is 17.8 Å². The summed E-state index contributed by atoms with van der Waals surface area (Å²) in [5, 5.41) is 9.08.